The SMILES string of the molecule is CC.CCc1cc(C)cc(C2CC(=O)CC(=O)C2)c1.[B]. The molecule has 107 valence electrons. The quantitative estimate of drug-likeness (QED) is 0.608. The Balaban J connectivity index is 0.00000115. The van der Waals surface area contributed by atoms with Crippen molar-refractivity contribution >= 4 is 20.0 Å². The number of hydrogen-bond acceptors (Lipinski definition) is 2. The van der Waals surface area contributed by atoms with Crippen LogP contribution in [0.5, 0.6) is 0 Å². The van der Waals surface area contributed by atoms with Gasteiger partial charge in [-0.25, -0.2) is 0 Å². The monoisotopic (exact) mass is 271 g/mol. The summed E-state index contributed by atoms with van der Waals surface area (Å²) in [6.07, 6.45) is 2.18. The third-order valence-corrected chi connectivity index (χ3v) is 3.38. The van der Waals surface area contributed by atoms with Gasteiger partial charge in [0.25, 0.3) is 0 Å². The van der Waals surface area contributed by atoms with Gasteiger partial charge in [0.1, 0.15) is 11.6 Å². The van der Waals surface area contributed by atoms with E-state index < -0.39 is 0 Å². The van der Waals surface area contributed by atoms with Crippen LogP contribution in [0, 0.1) is 6.92 Å². The van der Waals surface area contributed by atoms with Crippen molar-refractivity contribution < 1.29 is 9.59 Å². The largest absolute Gasteiger partial charge is 0.299 e. The highest BCUT2D eigenvalue weighted by atomic mass is 16.1. The molecule has 1 aromatic rings. The summed E-state index contributed by atoms with van der Waals surface area (Å²) in [5, 5.41) is 0. The number of aryl methyl sites for hydroxylation is 2. The van der Waals surface area contributed by atoms with Gasteiger partial charge in [0.05, 0.1) is 6.42 Å². The first-order valence-corrected chi connectivity index (χ1v) is 7.22. The molecule has 0 unspecified atom stereocenters. The van der Waals surface area contributed by atoms with Gasteiger partial charge in [-0.3, -0.25) is 9.59 Å². The Labute approximate surface area is 124 Å². The third kappa shape index (κ3) is 4.95. The van der Waals surface area contributed by atoms with E-state index in [-0.39, 0.29) is 32.3 Å². The molecule has 0 aliphatic heterocycles. The Hall–Kier alpha value is -1.38. The molecule has 1 saturated carbocycles. The molecule has 0 saturated heterocycles. The van der Waals surface area contributed by atoms with E-state index >= 15 is 0 Å². The first kappa shape index (κ1) is 18.6. The highest BCUT2D eigenvalue weighted by Gasteiger charge is 2.26. The Morgan fingerprint density at radius 2 is 1.60 bits per heavy atom. The fourth-order valence-corrected chi connectivity index (χ4v) is 2.56. The number of carbonyl (C=O) groups is 2. The van der Waals surface area contributed by atoms with Crippen LogP contribution in [0.25, 0.3) is 0 Å². The predicted molar refractivity (Wildman–Crippen MR) is 84.3 cm³/mol. The van der Waals surface area contributed by atoms with Gasteiger partial charge in [-0.2, -0.15) is 0 Å². The van der Waals surface area contributed by atoms with Crippen molar-refractivity contribution in [2.75, 3.05) is 0 Å². The van der Waals surface area contributed by atoms with Crippen LogP contribution in [0.15, 0.2) is 18.2 Å². The van der Waals surface area contributed by atoms with E-state index in [9.17, 15) is 9.59 Å². The zero-order chi connectivity index (χ0) is 14.4. The molecule has 0 spiro atoms. The molecule has 2 nitrogen and oxygen atoms in total. The summed E-state index contributed by atoms with van der Waals surface area (Å²) in [7, 11) is 0. The molecule has 0 bridgehead atoms. The summed E-state index contributed by atoms with van der Waals surface area (Å²) >= 11 is 0. The maximum atomic E-state index is 11.5. The van der Waals surface area contributed by atoms with Crippen LogP contribution in [-0.4, -0.2) is 20.0 Å². The number of Topliss-reactive ketones (excluding diaryl/α,β-unsaturated/α-hetero) is 2. The molecule has 3 heteroatoms. The molecular formula is C17H24BO2. The summed E-state index contributed by atoms with van der Waals surface area (Å²) in [4.78, 5) is 23.0. The van der Waals surface area contributed by atoms with Gasteiger partial charge >= 0.3 is 0 Å². The zero-order valence-electron chi connectivity index (χ0n) is 13.0. The van der Waals surface area contributed by atoms with Gasteiger partial charge in [0.2, 0.25) is 0 Å². The van der Waals surface area contributed by atoms with Gasteiger partial charge in [-0.05, 0) is 30.4 Å². The van der Waals surface area contributed by atoms with Crippen molar-refractivity contribution in [1.82, 2.24) is 0 Å². The minimum absolute atomic E-state index is 0. The normalized spacial score (nSPS) is 15.2. The van der Waals surface area contributed by atoms with Gasteiger partial charge in [0, 0.05) is 21.3 Å². The molecule has 0 atom stereocenters. The number of benzene rings is 1. The lowest BCUT2D eigenvalue weighted by Gasteiger charge is -2.21. The molecule has 1 aromatic carbocycles. The minimum atomic E-state index is 0. The lowest BCUT2D eigenvalue weighted by molar-refractivity contribution is -0.130. The van der Waals surface area contributed by atoms with Crippen molar-refractivity contribution in [2.24, 2.45) is 0 Å². The molecule has 1 aliphatic carbocycles. The average molecular weight is 271 g/mol. The van der Waals surface area contributed by atoms with Crippen LogP contribution < -0.4 is 0 Å². The van der Waals surface area contributed by atoms with Crippen LogP contribution >= 0.6 is 0 Å². The predicted octanol–water partition coefficient (Wildman–Crippen LogP) is 3.61. The van der Waals surface area contributed by atoms with Crippen molar-refractivity contribution in [3.63, 3.8) is 0 Å². The van der Waals surface area contributed by atoms with E-state index in [0.717, 1.165) is 12.0 Å². The second-order valence-electron chi connectivity index (χ2n) is 4.96. The highest BCUT2D eigenvalue weighted by Crippen LogP contribution is 2.30. The topological polar surface area (TPSA) is 34.1 Å². The Bertz CT molecular complexity index is 450. The van der Waals surface area contributed by atoms with E-state index in [1.54, 1.807) is 0 Å². The van der Waals surface area contributed by atoms with E-state index in [0.29, 0.717) is 12.8 Å². The van der Waals surface area contributed by atoms with Gasteiger partial charge in [-0.1, -0.05) is 44.5 Å². The van der Waals surface area contributed by atoms with Crippen LogP contribution in [0.3, 0.4) is 0 Å². The molecule has 0 N–H and O–H groups in total. The molecule has 0 heterocycles. The van der Waals surface area contributed by atoms with Crippen LogP contribution in [0.1, 0.15) is 62.6 Å². The molecular weight excluding hydrogens is 247 g/mol. The fourth-order valence-electron chi connectivity index (χ4n) is 2.56. The molecule has 2 rings (SSSR count). The second-order valence-corrected chi connectivity index (χ2v) is 4.96. The molecule has 1 aliphatic rings. The fraction of sp³-hybridized carbons (Fsp3) is 0.529. The molecule has 20 heavy (non-hydrogen) atoms. The standard InChI is InChI=1S/C15H18O2.C2H6.B/c1-3-11-4-10(2)5-12(6-11)13-7-14(16)9-15(17)8-13;1-2;/h4-6,13H,3,7-9H2,1-2H3;1-2H3;. The number of carbonyl (C=O) groups excluding carboxylic acids is 2. The van der Waals surface area contributed by atoms with Crippen LogP contribution in [0.2, 0.25) is 0 Å². The lowest BCUT2D eigenvalue weighted by Crippen LogP contribution is -2.21. The maximum absolute atomic E-state index is 11.5. The molecule has 0 aromatic heterocycles. The summed E-state index contributed by atoms with van der Waals surface area (Å²) in [5.74, 6) is 0.283. The van der Waals surface area contributed by atoms with Crippen molar-refractivity contribution in [3.05, 3.63) is 34.9 Å². The average Bonchev–Trinajstić information content (AvgIpc) is 2.39. The zero-order valence-corrected chi connectivity index (χ0v) is 13.0. The molecule has 3 radical (unpaired) electrons. The first-order valence-electron chi connectivity index (χ1n) is 7.22. The number of rotatable bonds is 2. The molecule has 1 fully saturated rings. The highest BCUT2D eigenvalue weighted by molar-refractivity contribution is 6.02. The minimum Gasteiger partial charge on any atom is -0.299 e. The van der Waals surface area contributed by atoms with Gasteiger partial charge in [-0.15, -0.1) is 0 Å². The van der Waals surface area contributed by atoms with Gasteiger partial charge < -0.3 is 0 Å². The summed E-state index contributed by atoms with van der Waals surface area (Å²) in [6, 6.07) is 6.41. The summed E-state index contributed by atoms with van der Waals surface area (Å²) in [5.41, 5.74) is 3.65. The Morgan fingerprint density at radius 1 is 1.05 bits per heavy atom. The lowest BCUT2D eigenvalue weighted by atomic mass is 9.81. The molecule has 0 amide bonds. The second kappa shape index (κ2) is 8.73. The first-order chi connectivity index (χ1) is 9.08. The van der Waals surface area contributed by atoms with Gasteiger partial charge in [0.15, 0.2) is 0 Å². The maximum Gasteiger partial charge on any atom is 0.140 e. The van der Waals surface area contributed by atoms with E-state index in [1.807, 2.05) is 13.8 Å². The number of ketones is 2. The summed E-state index contributed by atoms with van der Waals surface area (Å²) < 4.78 is 0. The van der Waals surface area contributed by atoms with E-state index in [2.05, 4.69) is 32.0 Å². The Kier molecular flexibility index (Phi) is 8.13. The van der Waals surface area contributed by atoms with Crippen LogP contribution in [0.4, 0.5) is 0 Å². The van der Waals surface area contributed by atoms with Crippen molar-refractivity contribution in [3.8, 4) is 0 Å². The summed E-state index contributed by atoms with van der Waals surface area (Å²) in [6.45, 7) is 8.19. The van der Waals surface area contributed by atoms with Crippen LogP contribution in [-0.2, 0) is 16.0 Å². The number of hydrogen-bond donors (Lipinski definition) is 0. The van der Waals surface area contributed by atoms with E-state index in [4.69, 9.17) is 0 Å². The Morgan fingerprint density at radius 3 is 2.10 bits per heavy atom. The van der Waals surface area contributed by atoms with Crippen molar-refractivity contribution in [1.29, 1.82) is 0 Å². The van der Waals surface area contributed by atoms with Crippen molar-refractivity contribution in [2.45, 2.75) is 59.3 Å². The third-order valence-electron chi connectivity index (χ3n) is 3.38. The van der Waals surface area contributed by atoms with E-state index in [1.165, 1.54) is 11.1 Å². The smallest absolute Gasteiger partial charge is 0.140 e.